The third-order valence-corrected chi connectivity index (χ3v) is 4.36. The van der Waals surface area contributed by atoms with Crippen LogP contribution in [0.1, 0.15) is 17.5 Å². The van der Waals surface area contributed by atoms with Crippen LogP contribution in [0.3, 0.4) is 0 Å². The summed E-state index contributed by atoms with van der Waals surface area (Å²) in [4.78, 5) is 18.7. The van der Waals surface area contributed by atoms with Gasteiger partial charge in [-0.15, -0.1) is 0 Å². The second kappa shape index (κ2) is 6.84. The van der Waals surface area contributed by atoms with Crippen LogP contribution in [0.5, 0.6) is 5.88 Å². The maximum absolute atomic E-state index is 12.6. The van der Waals surface area contributed by atoms with Crippen molar-refractivity contribution in [3.63, 3.8) is 0 Å². The first-order valence-corrected chi connectivity index (χ1v) is 8.29. The third-order valence-electron chi connectivity index (χ3n) is 4.36. The van der Waals surface area contributed by atoms with Gasteiger partial charge in [0.25, 0.3) is 0 Å². The van der Waals surface area contributed by atoms with Crippen molar-refractivity contribution in [3.05, 3.63) is 72.6 Å². The quantitative estimate of drug-likeness (QED) is 0.718. The molecule has 0 aliphatic carbocycles. The molecule has 0 saturated carbocycles. The summed E-state index contributed by atoms with van der Waals surface area (Å²) in [6.45, 7) is 1.67. The first-order chi connectivity index (χ1) is 12.3. The Morgan fingerprint density at radius 3 is 3.00 bits per heavy atom. The number of rotatable bonds is 5. The van der Waals surface area contributed by atoms with E-state index in [1.165, 1.54) is 0 Å². The summed E-state index contributed by atoms with van der Waals surface area (Å²) < 4.78 is 13.3. The van der Waals surface area contributed by atoms with Crippen molar-refractivity contribution in [2.24, 2.45) is 0 Å². The van der Waals surface area contributed by atoms with E-state index in [1.54, 1.807) is 18.5 Å². The standard InChI is InChI=1S/C19H19N3O3/c23-19(11-17-6-4-10-24-17)21-12-15-5-3-9-22(15)16(13-21)14-25-18-7-1-2-8-20-18/h1-10,16H,11-14H2. The molecule has 1 amide bonds. The van der Waals surface area contributed by atoms with Crippen molar-refractivity contribution >= 4 is 5.91 Å². The van der Waals surface area contributed by atoms with E-state index in [9.17, 15) is 4.79 Å². The summed E-state index contributed by atoms with van der Waals surface area (Å²) in [5.74, 6) is 1.34. The molecule has 3 aromatic heterocycles. The highest BCUT2D eigenvalue weighted by molar-refractivity contribution is 5.78. The van der Waals surface area contributed by atoms with E-state index in [1.807, 2.05) is 47.5 Å². The van der Waals surface area contributed by atoms with Gasteiger partial charge < -0.3 is 18.6 Å². The minimum atomic E-state index is 0.0568. The number of furan rings is 1. The van der Waals surface area contributed by atoms with Crippen LogP contribution in [0.2, 0.25) is 0 Å². The second-order valence-electron chi connectivity index (χ2n) is 6.07. The van der Waals surface area contributed by atoms with Crippen molar-refractivity contribution in [3.8, 4) is 5.88 Å². The molecule has 1 aliphatic rings. The molecule has 6 nitrogen and oxygen atoms in total. The van der Waals surface area contributed by atoms with Gasteiger partial charge in [0.2, 0.25) is 11.8 Å². The zero-order chi connectivity index (χ0) is 17.1. The molecule has 1 aliphatic heterocycles. The molecule has 25 heavy (non-hydrogen) atoms. The fourth-order valence-corrected chi connectivity index (χ4v) is 3.13. The third kappa shape index (κ3) is 3.42. The molecule has 128 valence electrons. The van der Waals surface area contributed by atoms with Gasteiger partial charge in [-0.05, 0) is 30.3 Å². The van der Waals surface area contributed by atoms with E-state index in [-0.39, 0.29) is 18.4 Å². The Bertz CT molecular complexity index is 827. The van der Waals surface area contributed by atoms with Gasteiger partial charge in [-0.2, -0.15) is 0 Å². The molecule has 0 spiro atoms. The Morgan fingerprint density at radius 1 is 1.24 bits per heavy atom. The molecule has 3 aromatic rings. The number of amides is 1. The first kappa shape index (κ1) is 15.5. The van der Waals surface area contributed by atoms with Crippen molar-refractivity contribution in [2.75, 3.05) is 13.2 Å². The van der Waals surface area contributed by atoms with E-state index in [0.717, 1.165) is 5.69 Å². The molecule has 1 unspecified atom stereocenters. The molecule has 4 rings (SSSR count). The molecule has 0 bridgehead atoms. The highest BCUT2D eigenvalue weighted by Crippen LogP contribution is 2.23. The summed E-state index contributed by atoms with van der Waals surface area (Å²) in [6.07, 6.45) is 5.61. The number of ether oxygens (including phenoxy) is 1. The molecule has 0 aromatic carbocycles. The number of carbonyl (C=O) groups excluding carboxylic acids is 1. The van der Waals surface area contributed by atoms with Crippen LogP contribution < -0.4 is 4.74 Å². The van der Waals surface area contributed by atoms with Crippen LogP contribution in [-0.2, 0) is 17.8 Å². The van der Waals surface area contributed by atoms with Gasteiger partial charge in [0.1, 0.15) is 12.4 Å². The van der Waals surface area contributed by atoms with Gasteiger partial charge in [-0.1, -0.05) is 6.07 Å². The summed E-state index contributed by atoms with van der Waals surface area (Å²) in [7, 11) is 0. The van der Waals surface area contributed by atoms with Gasteiger partial charge in [0, 0.05) is 30.7 Å². The fourth-order valence-electron chi connectivity index (χ4n) is 3.13. The molecule has 0 radical (unpaired) electrons. The average Bonchev–Trinajstić information content (AvgIpc) is 3.31. The Labute approximate surface area is 145 Å². The van der Waals surface area contributed by atoms with Crippen molar-refractivity contribution in [2.45, 2.75) is 19.0 Å². The number of nitrogens with zero attached hydrogens (tertiary/aromatic N) is 3. The highest BCUT2D eigenvalue weighted by Gasteiger charge is 2.28. The van der Waals surface area contributed by atoms with Gasteiger partial charge >= 0.3 is 0 Å². The number of hydrogen-bond donors (Lipinski definition) is 0. The van der Waals surface area contributed by atoms with Crippen LogP contribution >= 0.6 is 0 Å². The van der Waals surface area contributed by atoms with E-state index in [4.69, 9.17) is 9.15 Å². The van der Waals surface area contributed by atoms with Crippen LogP contribution in [0.4, 0.5) is 0 Å². The van der Waals surface area contributed by atoms with Crippen LogP contribution in [0.25, 0.3) is 0 Å². The average molecular weight is 337 g/mol. The van der Waals surface area contributed by atoms with Gasteiger partial charge in [0.05, 0.1) is 25.3 Å². The Morgan fingerprint density at radius 2 is 2.20 bits per heavy atom. The molecule has 1 atom stereocenters. The lowest BCUT2D eigenvalue weighted by Crippen LogP contribution is -2.43. The number of carbonyl (C=O) groups is 1. The van der Waals surface area contributed by atoms with Crippen molar-refractivity contribution < 1.29 is 13.9 Å². The molecule has 0 N–H and O–H groups in total. The maximum Gasteiger partial charge on any atom is 0.230 e. The summed E-state index contributed by atoms with van der Waals surface area (Å²) in [5.41, 5.74) is 1.11. The van der Waals surface area contributed by atoms with Crippen LogP contribution in [-0.4, -0.2) is 33.5 Å². The smallest absolute Gasteiger partial charge is 0.230 e. The molecule has 6 heteroatoms. The van der Waals surface area contributed by atoms with E-state index in [0.29, 0.717) is 31.3 Å². The molecular weight excluding hydrogens is 318 g/mol. The normalized spacial score (nSPS) is 16.5. The molecule has 0 saturated heterocycles. The summed E-state index contributed by atoms with van der Waals surface area (Å²) in [5, 5.41) is 0. The Hall–Kier alpha value is -3.02. The van der Waals surface area contributed by atoms with Gasteiger partial charge in [-0.3, -0.25) is 4.79 Å². The minimum Gasteiger partial charge on any atom is -0.475 e. The zero-order valence-corrected chi connectivity index (χ0v) is 13.7. The lowest BCUT2D eigenvalue weighted by molar-refractivity contribution is -0.132. The fraction of sp³-hybridized carbons (Fsp3) is 0.263. The number of aromatic nitrogens is 2. The topological polar surface area (TPSA) is 60.5 Å². The summed E-state index contributed by atoms with van der Waals surface area (Å²) in [6, 6.07) is 13.3. The Kier molecular flexibility index (Phi) is 4.24. The van der Waals surface area contributed by atoms with Crippen molar-refractivity contribution in [1.29, 1.82) is 0 Å². The lowest BCUT2D eigenvalue weighted by Gasteiger charge is -2.34. The van der Waals surface area contributed by atoms with E-state index >= 15 is 0 Å². The zero-order valence-electron chi connectivity index (χ0n) is 13.7. The molecular formula is C19H19N3O3. The van der Waals surface area contributed by atoms with Crippen molar-refractivity contribution in [1.82, 2.24) is 14.5 Å². The Balaban J connectivity index is 1.46. The summed E-state index contributed by atoms with van der Waals surface area (Å²) >= 11 is 0. The lowest BCUT2D eigenvalue weighted by atomic mass is 10.1. The SMILES string of the molecule is O=C(Cc1ccco1)N1Cc2cccn2C(COc2ccccn2)C1. The predicted molar refractivity (Wildman–Crippen MR) is 91.0 cm³/mol. The largest absolute Gasteiger partial charge is 0.475 e. The number of pyridine rings is 1. The highest BCUT2D eigenvalue weighted by atomic mass is 16.5. The predicted octanol–water partition coefficient (Wildman–Crippen LogP) is 2.68. The molecule has 4 heterocycles. The van der Waals surface area contributed by atoms with E-state index < -0.39 is 0 Å². The minimum absolute atomic E-state index is 0.0568. The van der Waals surface area contributed by atoms with E-state index in [2.05, 4.69) is 9.55 Å². The first-order valence-electron chi connectivity index (χ1n) is 8.29. The number of hydrogen-bond acceptors (Lipinski definition) is 4. The van der Waals surface area contributed by atoms with Crippen LogP contribution in [0.15, 0.2) is 65.5 Å². The number of fused-ring (bicyclic) bond motifs is 1. The monoisotopic (exact) mass is 337 g/mol. The maximum atomic E-state index is 12.6. The van der Waals surface area contributed by atoms with Gasteiger partial charge in [-0.25, -0.2) is 4.98 Å². The molecule has 0 fully saturated rings. The van der Waals surface area contributed by atoms with Gasteiger partial charge in [0.15, 0.2) is 0 Å². The second-order valence-corrected chi connectivity index (χ2v) is 6.07. The van der Waals surface area contributed by atoms with Crippen LogP contribution in [0, 0.1) is 0 Å².